The second-order valence-corrected chi connectivity index (χ2v) is 2.75. The summed E-state index contributed by atoms with van der Waals surface area (Å²) >= 11 is 0. The number of rotatable bonds is 2. The molecular formula is C6H2N4O6. The number of benzene rings is 1. The molecule has 0 N–H and O–H groups in total. The minimum atomic E-state index is -0.983. The average Bonchev–Trinajstić information content (AvgIpc) is 2.58. The van der Waals surface area contributed by atoms with E-state index in [9.17, 15) is 25.4 Å². The number of aromatic nitrogens is 2. The van der Waals surface area contributed by atoms with Gasteiger partial charge in [-0.3, -0.25) is 24.9 Å². The third-order valence-electron chi connectivity index (χ3n) is 1.89. The highest BCUT2D eigenvalue weighted by Gasteiger charge is 2.34. The Bertz CT molecular complexity index is 604. The Kier molecular flexibility index (Phi) is 1.90. The molecule has 0 radical (unpaired) electrons. The molecule has 2 aromatic rings. The number of nitro groups is 2. The van der Waals surface area contributed by atoms with Gasteiger partial charge in [0.15, 0.2) is 0 Å². The lowest BCUT2D eigenvalue weighted by molar-refractivity contribution is -0.782. The van der Waals surface area contributed by atoms with Gasteiger partial charge in [-0.25, -0.2) is 0 Å². The van der Waals surface area contributed by atoms with E-state index in [0.717, 1.165) is 12.1 Å². The van der Waals surface area contributed by atoms with Gasteiger partial charge in [0.05, 0.1) is 15.0 Å². The SMILES string of the molecule is O=[N+]([O-])c1ccc2c(no[n+]2[O-])c1[N+](=O)[O-]. The van der Waals surface area contributed by atoms with Crippen molar-refractivity contribution in [2.45, 2.75) is 0 Å². The Hall–Kier alpha value is -2.78. The molecule has 0 spiro atoms. The van der Waals surface area contributed by atoms with E-state index in [4.69, 9.17) is 0 Å². The van der Waals surface area contributed by atoms with E-state index in [-0.39, 0.29) is 10.4 Å². The van der Waals surface area contributed by atoms with Gasteiger partial charge >= 0.3 is 16.9 Å². The maximum absolute atomic E-state index is 10.9. The van der Waals surface area contributed by atoms with Crippen molar-refractivity contribution in [2.24, 2.45) is 0 Å². The zero-order chi connectivity index (χ0) is 11.9. The Morgan fingerprint density at radius 1 is 1.25 bits per heavy atom. The van der Waals surface area contributed by atoms with Crippen LogP contribution in [0.3, 0.4) is 0 Å². The van der Waals surface area contributed by atoms with E-state index in [0.29, 0.717) is 0 Å². The molecule has 1 aromatic heterocycles. The van der Waals surface area contributed by atoms with Crippen LogP contribution in [0.1, 0.15) is 0 Å². The number of hydrogen-bond donors (Lipinski definition) is 0. The molecule has 2 rings (SSSR count). The molecule has 0 bridgehead atoms. The molecule has 0 fully saturated rings. The molecule has 0 aliphatic heterocycles. The lowest BCUT2D eigenvalue weighted by atomic mass is 10.2. The molecule has 10 heteroatoms. The molecule has 1 heterocycles. The van der Waals surface area contributed by atoms with E-state index in [1.54, 1.807) is 0 Å². The smallest absolute Gasteiger partial charge is 0.359 e. The van der Waals surface area contributed by atoms with Gasteiger partial charge in [-0.15, -0.1) is 0 Å². The summed E-state index contributed by atoms with van der Waals surface area (Å²) in [5, 5.41) is 35.2. The molecule has 0 aliphatic rings. The first-order chi connectivity index (χ1) is 7.52. The Morgan fingerprint density at radius 2 is 1.94 bits per heavy atom. The average molecular weight is 226 g/mol. The Balaban J connectivity index is 2.90. The van der Waals surface area contributed by atoms with Crippen molar-refractivity contribution >= 4 is 22.4 Å². The predicted octanol–water partition coefficient (Wildman–Crippen LogP) is 0.278. The summed E-state index contributed by atoms with van der Waals surface area (Å²) in [5.41, 5.74) is -2.29. The summed E-state index contributed by atoms with van der Waals surface area (Å²) in [6.07, 6.45) is 0. The van der Waals surface area contributed by atoms with Crippen LogP contribution in [-0.2, 0) is 0 Å². The van der Waals surface area contributed by atoms with E-state index in [2.05, 4.69) is 9.79 Å². The summed E-state index contributed by atoms with van der Waals surface area (Å²) < 4.78 is 4.12. The molecule has 1 aromatic carbocycles. The maximum Gasteiger partial charge on any atom is 0.403 e. The molecule has 0 unspecified atom stereocenters. The summed E-state index contributed by atoms with van der Waals surface area (Å²) in [6, 6.07) is 1.88. The predicted molar refractivity (Wildman–Crippen MR) is 46.3 cm³/mol. The van der Waals surface area contributed by atoms with E-state index in [1.165, 1.54) is 0 Å². The molecule has 0 aliphatic carbocycles. The minimum Gasteiger partial charge on any atom is -0.359 e. The minimum absolute atomic E-state index is 0.0634. The first-order valence-corrected chi connectivity index (χ1v) is 3.83. The summed E-state index contributed by atoms with van der Waals surface area (Å²) in [5.74, 6) is 0. The van der Waals surface area contributed by atoms with Crippen molar-refractivity contribution in [3.63, 3.8) is 0 Å². The molecule has 82 valence electrons. The fourth-order valence-corrected chi connectivity index (χ4v) is 1.24. The first-order valence-electron chi connectivity index (χ1n) is 3.83. The zero-order valence-corrected chi connectivity index (χ0v) is 7.39. The van der Waals surface area contributed by atoms with Crippen LogP contribution in [0.15, 0.2) is 16.8 Å². The number of nitro benzene ring substituents is 2. The number of hydrogen-bond acceptors (Lipinski definition) is 7. The third-order valence-corrected chi connectivity index (χ3v) is 1.89. The number of nitrogens with zero attached hydrogens (tertiary/aromatic N) is 4. The zero-order valence-electron chi connectivity index (χ0n) is 7.39. The Labute approximate surface area is 85.5 Å². The molecule has 16 heavy (non-hydrogen) atoms. The van der Waals surface area contributed by atoms with Crippen molar-refractivity contribution < 1.29 is 19.4 Å². The van der Waals surface area contributed by atoms with Crippen LogP contribution in [0, 0.1) is 25.4 Å². The molecule has 0 atom stereocenters. The van der Waals surface area contributed by atoms with E-state index in [1.807, 2.05) is 0 Å². The molecular weight excluding hydrogens is 224 g/mol. The Morgan fingerprint density at radius 3 is 2.50 bits per heavy atom. The van der Waals surface area contributed by atoms with Gasteiger partial charge in [-0.05, 0) is 4.90 Å². The van der Waals surface area contributed by atoms with Crippen molar-refractivity contribution in [3.05, 3.63) is 37.6 Å². The molecule has 0 saturated carbocycles. The van der Waals surface area contributed by atoms with Crippen molar-refractivity contribution in [1.29, 1.82) is 0 Å². The first kappa shape index (κ1) is 9.76. The van der Waals surface area contributed by atoms with Crippen LogP contribution >= 0.6 is 0 Å². The van der Waals surface area contributed by atoms with Gasteiger partial charge in [0.25, 0.3) is 0 Å². The monoisotopic (exact) mass is 226 g/mol. The fourth-order valence-electron chi connectivity index (χ4n) is 1.24. The lowest BCUT2D eigenvalue weighted by Crippen LogP contribution is -2.22. The molecule has 10 nitrogen and oxygen atoms in total. The van der Waals surface area contributed by atoms with Gasteiger partial charge in [0, 0.05) is 12.1 Å². The fraction of sp³-hybridized carbons (Fsp3) is 0. The van der Waals surface area contributed by atoms with Crippen molar-refractivity contribution in [1.82, 2.24) is 5.16 Å². The maximum atomic E-state index is 10.9. The van der Waals surface area contributed by atoms with Crippen LogP contribution in [0.25, 0.3) is 11.0 Å². The van der Waals surface area contributed by atoms with Gasteiger partial charge in [-0.2, -0.15) is 0 Å². The van der Waals surface area contributed by atoms with E-state index >= 15 is 0 Å². The van der Waals surface area contributed by atoms with Gasteiger partial charge in [0.1, 0.15) is 0 Å². The number of fused-ring (bicyclic) bond motifs is 1. The van der Waals surface area contributed by atoms with Crippen LogP contribution in [-0.4, -0.2) is 15.0 Å². The van der Waals surface area contributed by atoms with Gasteiger partial charge < -0.3 is 5.21 Å². The van der Waals surface area contributed by atoms with Crippen LogP contribution in [0.5, 0.6) is 0 Å². The highest BCUT2D eigenvalue weighted by Crippen LogP contribution is 2.32. The lowest BCUT2D eigenvalue weighted by Gasteiger charge is -1.92. The third kappa shape index (κ3) is 1.20. The highest BCUT2D eigenvalue weighted by atomic mass is 16.8. The largest absolute Gasteiger partial charge is 0.403 e. The second-order valence-electron chi connectivity index (χ2n) is 2.75. The quantitative estimate of drug-likeness (QED) is 0.406. The highest BCUT2D eigenvalue weighted by molar-refractivity contribution is 5.86. The van der Waals surface area contributed by atoms with Crippen LogP contribution in [0.2, 0.25) is 0 Å². The second kappa shape index (κ2) is 3.12. The van der Waals surface area contributed by atoms with Gasteiger partial charge in [0.2, 0.25) is 5.52 Å². The molecule has 0 saturated heterocycles. The molecule has 0 amide bonds. The van der Waals surface area contributed by atoms with Crippen LogP contribution in [0.4, 0.5) is 11.4 Å². The standard InChI is InChI=1S/C6H2N4O6/c11-8(12)4-2-1-3-5(6(4)9(13)14)7-16-10(3)15/h1-2H. The normalized spacial score (nSPS) is 10.5. The summed E-state index contributed by atoms with van der Waals surface area (Å²) in [7, 11) is 0. The van der Waals surface area contributed by atoms with Crippen LogP contribution < -0.4 is 4.90 Å². The summed E-state index contributed by atoms with van der Waals surface area (Å²) in [4.78, 5) is 19.2. The topological polar surface area (TPSA) is 139 Å². The van der Waals surface area contributed by atoms with Crippen molar-refractivity contribution in [2.75, 3.05) is 0 Å². The summed E-state index contributed by atoms with van der Waals surface area (Å²) in [6.45, 7) is 0. The van der Waals surface area contributed by atoms with Crippen molar-refractivity contribution in [3.8, 4) is 0 Å². The van der Waals surface area contributed by atoms with Gasteiger partial charge in [-0.1, -0.05) is 0 Å². The van der Waals surface area contributed by atoms with E-state index < -0.39 is 26.7 Å².